The third-order valence-corrected chi connectivity index (χ3v) is 5.56. The summed E-state index contributed by atoms with van der Waals surface area (Å²) in [4.78, 5) is 22.7. The van der Waals surface area contributed by atoms with Crippen LogP contribution in [0.4, 0.5) is 0 Å². The van der Waals surface area contributed by atoms with Crippen LogP contribution in [0.25, 0.3) is 0 Å². The molecule has 7 heteroatoms. The van der Waals surface area contributed by atoms with Gasteiger partial charge in [0.15, 0.2) is 0 Å². The highest BCUT2D eigenvalue weighted by molar-refractivity contribution is 5.94. The number of carbonyl (C=O) groups is 2. The molecule has 1 atom stereocenters. The maximum atomic E-state index is 11.4. The molecule has 0 radical (unpaired) electrons. The highest BCUT2D eigenvalue weighted by Gasteiger charge is 2.13. The Labute approximate surface area is 208 Å². The second kappa shape index (κ2) is 14.9. The summed E-state index contributed by atoms with van der Waals surface area (Å²) in [7, 11) is 0. The maximum Gasteiger partial charge on any atom is 0.335 e. The molecule has 0 saturated carbocycles. The fraction of sp³-hybridized carbons (Fsp3) is 0.500. The fourth-order valence-electron chi connectivity index (χ4n) is 3.65. The maximum absolute atomic E-state index is 11.4. The van der Waals surface area contributed by atoms with E-state index in [2.05, 4.69) is 20.8 Å². The molecule has 0 spiro atoms. The van der Waals surface area contributed by atoms with Gasteiger partial charge in [-0.05, 0) is 62.1 Å². The van der Waals surface area contributed by atoms with Crippen molar-refractivity contribution in [3.05, 3.63) is 53.1 Å². The molecule has 0 bridgehead atoms. The quantitative estimate of drug-likeness (QED) is 0.233. The van der Waals surface area contributed by atoms with Gasteiger partial charge >= 0.3 is 11.9 Å². The van der Waals surface area contributed by atoms with Crippen molar-refractivity contribution in [2.45, 2.75) is 84.8 Å². The number of hydrogen-bond acceptors (Lipinski definition) is 5. The summed E-state index contributed by atoms with van der Waals surface area (Å²) in [6.45, 7) is 7.11. The summed E-state index contributed by atoms with van der Waals surface area (Å²) in [6.07, 6.45) is 8.86. The van der Waals surface area contributed by atoms with E-state index in [1.807, 2.05) is 18.2 Å². The predicted octanol–water partition coefficient (Wildman–Crippen LogP) is 6.97. The molecule has 7 nitrogen and oxygen atoms in total. The summed E-state index contributed by atoms with van der Waals surface area (Å²) < 4.78 is 17.9. The van der Waals surface area contributed by atoms with Crippen LogP contribution < -0.4 is 14.2 Å². The van der Waals surface area contributed by atoms with Crippen molar-refractivity contribution in [3.8, 4) is 17.2 Å². The average molecular weight is 487 g/mol. The molecule has 2 aromatic carbocycles. The lowest BCUT2D eigenvalue weighted by Crippen LogP contribution is -2.12. The van der Waals surface area contributed by atoms with Gasteiger partial charge in [-0.1, -0.05) is 46.0 Å². The van der Waals surface area contributed by atoms with Crippen molar-refractivity contribution in [3.63, 3.8) is 0 Å². The Bertz CT molecular complexity index is 922. The van der Waals surface area contributed by atoms with E-state index < -0.39 is 11.9 Å². The minimum Gasteiger partial charge on any atom is -0.493 e. The lowest BCUT2D eigenvalue weighted by Gasteiger charge is -2.17. The number of carboxylic acids is 2. The second-order valence-corrected chi connectivity index (χ2v) is 8.79. The Hall–Kier alpha value is -3.22. The molecule has 0 aliphatic heterocycles. The second-order valence-electron chi connectivity index (χ2n) is 8.79. The normalized spacial score (nSPS) is 11.6. The highest BCUT2D eigenvalue weighted by atomic mass is 16.5. The van der Waals surface area contributed by atoms with Gasteiger partial charge in [0.25, 0.3) is 0 Å². The largest absolute Gasteiger partial charge is 0.493 e. The minimum atomic E-state index is -1.22. The van der Waals surface area contributed by atoms with E-state index in [9.17, 15) is 19.8 Å². The van der Waals surface area contributed by atoms with Crippen LogP contribution in [-0.2, 0) is 6.61 Å². The first-order valence-corrected chi connectivity index (χ1v) is 12.5. The SMILES string of the molecule is CCCCCCOc1cc(COc2cc(C(=O)O)cc(C(=O)O)c2)cc(OC(C)CCCCC)c1. The van der Waals surface area contributed by atoms with Crippen LogP contribution in [0.15, 0.2) is 36.4 Å². The van der Waals surface area contributed by atoms with Crippen molar-refractivity contribution in [1.82, 2.24) is 0 Å². The van der Waals surface area contributed by atoms with Crippen LogP contribution in [0, 0.1) is 0 Å². The fourth-order valence-corrected chi connectivity index (χ4v) is 3.65. The van der Waals surface area contributed by atoms with Gasteiger partial charge in [0.2, 0.25) is 0 Å². The van der Waals surface area contributed by atoms with Crippen LogP contribution in [-0.4, -0.2) is 34.9 Å². The highest BCUT2D eigenvalue weighted by Crippen LogP contribution is 2.27. The van der Waals surface area contributed by atoms with E-state index in [4.69, 9.17) is 14.2 Å². The van der Waals surface area contributed by atoms with E-state index >= 15 is 0 Å². The zero-order valence-corrected chi connectivity index (χ0v) is 21.0. The first-order chi connectivity index (χ1) is 16.8. The molecule has 192 valence electrons. The van der Waals surface area contributed by atoms with E-state index in [1.165, 1.54) is 25.0 Å². The molecular formula is C28H38O7. The van der Waals surface area contributed by atoms with Crippen molar-refractivity contribution < 1.29 is 34.0 Å². The number of benzene rings is 2. The van der Waals surface area contributed by atoms with Gasteiger partial charge < -0.3 is 24.4 Å². The van der Waals surface area contributed by atoms with Crippen molar-refractivity contribution in [2.24, 2.45) is 0 Å². The Balaban J connectivity index is 2.16. The van der Waals surface area contributed by atoms with Crippen LogP contribution in [0.1, 0.15) is 98.4 Å². The molecule has 0 aromatic heterocycles. The average Bonchev–Trinajstić information content (AvgIpc) is 2.82. The topological polar surface area (TPSA) is 102 Å². The van der Waals surface area contributed by atoms with Crippen molar-refractivity contribution in [1.29, 1.82) is 0 Å². The Morgan fingerprint density at radius 3 is 1.97 bits per heavy atom. The summed E-state index contributed by atoms with van der Waals surface area (Å²) in [5, 5.41) is 18.6. The zero-order chi connectivity index (χ0) is 25.6. The summed E-state index contributed by atoms with van der Waals surface area (Å²) in [5.41, 5.74) is 0.493. The number of unbranched alkanes of at least 4 members (excludes halogenated alkanes) is 5. The molecule has 35 heavy (non-hydrogen) atoms. The molecule has 0 saturated heterocycles. The van der Waals surface area contributed by atoms with Gasteiger partial charge in [0, 0.05) is 6.07 Å². The molecule has 1 unspecified atom stereocenters. The molecule has 0 aliphatic rings. The molecule has 2 rings (SSSR count). The zero-order valence-electron chi connectivity index (χ0n) is 21.0. The third kappa shape index (κ3) is 10.3. The summed E-state index contributed by atoms with van der Waals surface area (Å²) in [5.74, 6) is -0.898. The van der Waals surface area contributed by atoms with Gasteiger partial charge in [0.1, 0.15) is 23.9 Å². The van der Waals surface area contributed by atoms with Crippen LogP contribution in [0.5, 0.6) is 17.2 Å². The van der Waals surface area contributed by atoms with E-state index in [0.717, 1.165) is 50.2 Å². The summed E-state index contributed by atoms with van der Waals surface area (Å²) in [6, 6.07) is 9.36. The lowest BCUT2D eigenvalue weighted by atomic mass is 10.1. The molecule has 0 fully saturated rings. The van der Waals surface area contributed by atoms with Crippen LogP contribution >= 0.6 is 0 Å². The van der Waals surface area contributed by atoms with Gasteiger partial charge in [-0.15, -0.1) is 0 Å². The smallest absolute Gasteiger partial charge is 0.335 e. The molecule has 2 N–H and O–H groups in total. The predicted molar refractivity (Wildman–Crippen MR) is 135 cm³/mol. The molecular weight excluding hydrogens is 448 g/mol. The van der Waals surface area contributed by atoms with Gasteiger partial charge in [-0.2, -0.15) is 0 Å². The lowest BCUT2D eigenvalue weighted by molar-refractivity contribution is 0.0696. The number of carboxylic acid groups (broad SMARTS) is 2. The van der Waals surface area contributed by atoms with Crippen molar-refractivity contribution >= 4 is 11.9 Å². The standard InChI is InChI=1S/C28H38O7/c1-4-6-8-10-12-33-24-13-21(14-26(18-24)35-20(3)11-9-7-5-2)19-34-25-16-22(27(29)30)15-23(17-25)28(31)32/h13-18,20H,4-12,19H2,1-3H3,(H,29,30)(H,31,32). The number of hydrogen-bond donors (Lipinski definition) is 2. The molecule has 0 aliphatic carbocycles. The van der Waals surface area contributed by atoms with Crippen LogP contribution in [0.3, 0.4) is 0 Å². The molecule has 0 amide bonds. The molecule has 0 heterocycles. The number of aromatic carboxylic acids is 2. The molecule has 2 aromatic rings. The van der Waals surface area contributed by atoms with E-state index in [0.29, 0.717) is 18.1 Å². The monoisotopic (exact) mass is 486 g/mol. The van der Waals surface area contributed by atoms with Gasteiger partial charge in [0.05, 0.1) is 23.8 Å². The van der Waals surface area contributed by atoms with Crippen LogP contribution in [0.2, 0.25) is 0 Å². The first-order valence-electron chi connectivity index (χ1n) is 12.5. The van der Waals surface area contributed by atoms with E-state index in [1.54, 1.807) is 0 Å². The van der Waals surface area contributed by atoms with Crippen molar-refractivity contribution in [2.75, 3.05) is 6.61 Å². The number of ether oxygens (including phenoxy) is 3. The minimum absolute atomic E-state index is 0.0560. The first kappa shape index (κ1) is 28.0. The van der Waals surface area contributed by atoms with E-state index in [-0.39, 0.29) is 29.6 Å². The Morgan fingerprint density at radius 1 is 0.743 bits per heavy atom. The third-order valence-electron chi connectivity index (χ3n) is 5.56. The van der Waals surface area contributed by atoms with Gasteiger partial charge in [-0.3, -0.25) is 0 Å². The summed E-state index contributed by atoms with van der Waals surface area (Å²) >= 11 is 0. The van der Waals surface area contributed by atoms with Gasteiger partial charge in [-0.25, -0.2) is 9.59 Å². The Morgan fingerprint density at radius 2 is 1.34 bits per heavy atom. The number of rotatable bonds is 17. The Kier molecular flexibility index (Phi) is 11.9.